The monoisotopic (exact) mass is 685 g/mol. The van der Waals surface area contributed by atoms with Crippen molar-refractivity contribution in [2.24, 2.45) is 5.92 Å². The van der Waals surface area contributed by atoms with Crippen molar-refractivity contribution in [3.8, 4) is 11.3 Å². The molecule has 9 rings (SSSR count). The molecule has 50 heavy (non-hydrogen) atoms. The van der Waals surface area contributed by atoms with Gasteiger partial charge < -0.3 is 24.6 Å². The van der Waals surface area contributed by atoms with Crippen LogP contribution in [0.1, 0.15) is 32.3 Å². The predicted molar refractivity (Wildman–Crippen MR) is 198 cm³/mol. The van der Waals surface area contributed by atoms with Gasteiger partial charge in [0, 0.05) is 102 Å². The number of aromatic nitrogens is 3. The van der Waals surface area contributed by atoms with Crippen molar-refractivity contribution in [2.45, 2.75) is 39.3 Å². The Kier molecular flexibility index (Phi) is 13.0. The molecule has 0 spiro atoms. The number of carbonyl (C=O) groups excluding carboxylic acids is 1. The number of nitrogens with zero attached hydrogens (tertiary/aromatic N) is 8. The summed E-state index contributed by atoms with van der Waals surface area (Å²) in [5.74, 6) is 2.19. The van der Waals surface area contributed by atoms with Gasteiger partial charge in [-0.1, -0.05) is 32.4 Å². The van der Waals surface area contributed by atoms with Crippen molar-refractivity contribution in [3.63, 3.8) is 0 Å². The van der Waals surface area contributed by atoms with E-state index in [4.69, 9.17) is 19.4 Å². The molecule has 0 aliphatic carbocycles. The number of rotatable bonds is 8. The van der Waals surface area contributed by atoms with E-state index in [2.05, 4.69) is 80.1 Å². The average molecular weight is 686 g/mol. The molecule has 3 aromatic rings. The maximum atomic E-state index is 13.5. The van der Waals surface area contributed by atoms with Gasteiger partial charge in [-0.05, 0) is 48.2 Å². The van der Waals surface area contributed by atoms with Crippen LogP contribution in [-0.2, 0) is 20.8 Å². The highest BCUT2D eigenvalue weighted by Gasteiger charge is 2.29. The van der Waals surface area contributed by atoms with E-state index in [1.54, 1.807) is 6.20 Å². The number of amides is 1. The standard InChI is InChI=1S/C38H55N9O3/c1-4-30(2)25-47-14-6-13-43(3)37(48)28-45-15-16-46(34(27-45)29-50-22-19-44-17-20-49-21-18-44)26-31-7-5-8-33(23-31)41-38-39-12-11-35(42-38)32-9-10-36(47)40-24-32/h5,7-12,23-24,30,34H,4,6,13-22,25-29H2,1-3H3,(H,39,41,42). The molecule has 6 aliphatic rings. The normalized spacial score (nSPS) is 23.1. The molecule has 12 nitrogen and oxygen atoms in total. The van der Waals surface area contributed by atoms with E-state index in [-0.39, 0.29) is 11.9 Å². The zero-order valence-corrected chi connectivity index (χ0v) is 30.2. The van der Waals surface area contributed by atoms with Crippen molar-refractivity contribution < 1.29 is 14.3 Å². The third-order valence-electron chi connectivity index (χ3n) is 10.2. The van der Waals surface area contributed by atoms with Crippen LogP contribution in [0.2, 0.25) is 0 Å². The van der Waals surface area contributed by atoms with Crippen LogP contribution in [0.15, 0.2) is 54.9 Å². The molecule has 8 bridgehead atoms. The van der Waals surface area contributed by atoms with Gasteiger partial charge in [0.2, 0.25) is 11.9 Å². The number of ether oxygens (including phenoxy) is 2. The Morgan fingerprint density at radius 1 is 1.02 bits per heavy atom. The first-order valence-corrected chi connectivity index (χ1v) is 18.4. The van der Waals surface area contributed by atoms with E-state index in [1.807, 2.05) is 24.2 Å². The lowest BCUT2D eigenvalue weighted by atomic mass is 10.1. The number of nitrogens with one attached hydrogen (secondary N) is 1. The minimum absolute atomic E-state index is 0.168. The van der Waals surface area contributed by atoms with Crippen LogP contribution in [0.4, 0.5) is 17.5 Å². The van der Waals surface area contributed by atoms with E-state index < -0.39 is 0 Å². The second-order valence-corrected chi connectivity index (χ2v) is 14.0. The Labute approximate surface area is 297 Å². The Bertz CT molecular complexity index is 1500. The van der Waals surface area contributed by atoms with Gasteiger partial charge in [0.1, 0.15) is 5.82 Å². The smallest absolute Gasteiger partial charge is 0.236 e. The molecule has 1 N–H and O–H groups in total. The summed E-state index contributed by atoms with van der Waals surface area (Å²) in [6.45, 7) is 16.4. The fraction of sp³-hybridized carbons (Fsp3) is 0.579. The second-order valence-electron chi connectivity index (χ2n) is 14.0. The summed E-state index contributed by atoms with van der Waals surface area (Å²) in [7, 11) is 1.94. The molecule has 12 heteroatoms. The highest BCUT2D eigenvalue weighted by Crippen LogP contribution is 2.24. The van der Waals surface area contributed by atoms with E-state index in [1.165, 1.54) is 5.56 Å². The van der Waals surface area contributed by atoms with E-state index in [0.717, 1.165) is 108 Å². The van der Waals surface area contributed by atoms with Crippen LogP contribution in [0.5, 0.6) is 0 Å². The van der Waals surface area contributed by atoms with Crippen LogP contribution < -0.4 is 10.2 Å². The Balaban J connectivity index is 1.21. The maximum Gasteiger partial charge on any atom is 0.236 e. The number of piperazine rings is 1. The van der Waals surface area contributed by atoms with Gasteiger partial charge in [-0.15, -0.1) is 0 Å². The molecule has 1 aromatic carbocycles. The van der Waals surface area contributed by atoms with E-state index in [9.17, 15) is 4.79 Å². The lowest BCUT2D eigenvalue weighted by Gasteiger charge is -2.41. The van der Waals surface area contributed by atoms with E-state index in [0.29, 0.717) is 38.2 Å². The summed E-state index contributed by atoms with van der Waals surface area (Å²) in [6.07, 6.45) is 5.66. The van der Waals surface area contributed by atoms with Gasteiger partial charge in [0.15, 0.2) is 0 Å². The predicted octanol–water partition coefficient (Wildman–Crippen LogP) is 3.83. The summed E-state index contributed by atoms with van der Waals surface area (Å²) >= 11 is 0. The van der Waals surface area contributed by atoms with Crippen LogP contribution >= 0.6 is 0 Å². The van der Waals surface area contributed by atoms with Gasteiger partial charge in [0.05, 0.1) is 38.7 Å². The summed E-state index contributed by atoms with van der Waals surface area (Å²) < 4.78 is 11.8. The van der Waals surface area contributed by atoms with Crippen molar-refractivity contribution in [2.75, 3.05) is 109 Å². The summed E-state index contributed by atoms with van der Waals surface area (Å²) in [4.78, 5) is 39.2. The minimum Gasteiger partial charge on any atom is -0.379 e. The van der Waals surface area contributed by atoms with Crippen molar-refractivity contribution >= 4 is 23.4 Å². The molecule has 270 valence electrons. The molecule has 4 atom stereocenters. The Hall–Kier alpha value is -3.68. The molecule has 4 unspecified atom stereocenters. The van der Waals surface area contributed by atoms with Crippen molar-refractivity contribution in [1.82, 2.24) is 34.6 Å². The van der Waals surface area contributed by atoms with E-state index >= 15 is 0 Å². The number of carbonyl (C=O) groups is 1. The largest absolute Gasteiger partial charge is 0.379 e. The maximum absolute atomic E-state index is 13.5. The van der Waals surface area contributed by atoms with Gasteiger partial charge >= 0.3 is 0 Å². The fourth-order valence-electron chi connectivity index (χ4n) is 6.86. The number of anilines is 3. The lowest BCUT2D eigenvalue weighted by molar-refractivity contribution is -0.132. The van der Waals surface area contributed by atoms with Gasteiger partial charge in [-0.25, -0.2) is 15.0 Å². The van der Waals surface area contributed by atoms with Crippen LogP contribution in [-0.4, -0.2) is 145 Å². The Morgan fingerprint density at radius 2 is 1.90 bits per heavy atom. The minimum atomic E-state index is 0.168. The lowest BCUT2D eigenvalue weighted by Crippen LogP contribution is -2.56. The zero-order chi connectivity index (χ0) is 34.7. The molecule has 2 aromatic heterocycles. The number of hydrogen-bond donors (Lipinski definition) is 1. The first kappa shape index (κ1) is 36.1. The highest BCUT2D eigenvalue weighted by molar-refractivity contribution is 5.78. The first-order chi connectivity index (χ1) is 24.4. The molecule has 8 heterocycles. The molecule has 1 amide bonds. The molecular weight excluding hydrogens is 630 g/mol. The number of likely N-dealkylation sites (N-methyl/N-ethyl adjacent to an activating group) is 1. The Morgan fingerprint density at radius 3 is 2.72 bits per heavy atom. The molecule has 0 saturated carbocycles. The molecule has 2 saturated heterocycles. The number of hydrogen-bond acceptors (Lipinski definition) is 11. The highest BCUT2D eigenvalue weighted by atomic mass is 16.5. The third kappa shape index (κ3) is 10.2. The van der Waals surface area contributed by atoms with Gasteiger partial charge in [0.25, 0.3) is 0 Å². The van der Waals surface area contributed by atoms with Crippen LogP contribution in [0.3, 0.4) is 0 Å². The van der Waals surface area contributed by atoms with Crippen molar-refractivity contribution in [3.05, 3.63) is 60.4 Å². The average Bonchev–Trinajstić information content (AvgIpc) is 3.14. The molecule has 2 fully saturated rings. The number of morpholine rings is 1. The van der Waals surface area contributed by atoms with Crippen LogP contribution in [0.25, 0.3) is 11.3 Å². The zero-order valence-electron chi connectivity index (χ0n) is 30.2. The quantitative estimate of drug-likeness (QED) is 0.350. The summed E-state index contributed by atoms with van der Waals surface area (Å²) in [6, 6.07) is 14.7. The molecule has 0 radical (unpaired) electrons. The fourth-order valence-corrected chi connectivity index (χ4v) is 6.86. The molecule has 6 aliphatic heterocycles. The summed E-state index contributed by atoms with van der Waals surface area (Å²) in [5, 5.41) is 3.43. The molecular formula is C38H55N9O3. The van der Waals surface area contributed by atoms with Crippen LogP contribution in [0, 0.1) is 5.92 Å². The van der Waals surface area contributed by atoms with Gasteiger partial charge in [-0.2, -0.15) is 0 Å². The third-order valence-corrected chi connectivity index (χ3v) is 10.2. The topological polar surface area (TPSA) is 102 Å². The number of benzene rings is 1. The first-order valence-electron chi connectivity index (χ1n) is 18.4. The number of pyridine rings is 1. The van der Waals surface area contributed by atoms with Gasteiger partial charge in [-0.3, -0.25) is 19.5 Å². The SMILES string of the molecule is CCC(C)CN1CCCN(C)C(=O)CN2CCN(Cc3cccc(c3)Nc3nccc(n3)-c3ccc1nc3)C(COCCN1CCOCC1)C2. The van der Waals surface area contributed by atoms with Crippen molar-refractivity contribution in [1.29, 1.82) is 0 Å². The second kappa shape index (κ2) is 18.0. The summed E-state index contributed by atoms with van der Waals surface area (Å²) in [5.41, 5.74) is 3.91.